The van der Waals surface area contributed by atoms with Gasteiger partial charge in [0.25, 0.3) is 10.0 Å². The highest BCUT2D eigenvalue weighted by atomic mass is 35.5. The summed E-state index contributed by atoms with van der Waals surface area (Å²) < 4.78 is 34.0. The Hall–Kier alpha value is -1.96. The highest BCUT2D eigenvalue weighted by Gasteiger charge is 2.32. The van der Waals surface area contributed by atoms with Gasteiger partial charge in [0.1, 0.15) is 11.0 Å². The van der Waals surface area contributed by atoms with E-state index >= 15 is 0 Å². The van der Waals surface area contributed by atoms with Crippen molar-refractivity contribution in [2.24, 2.45) is 0 Å². The third-order valence-corrected chi connectivity index (χ3v) is 5.54. The van der Waals surface area contributed by atoms with Gasteiger partial charge in [-0.05, 0) is 37.6 Å². The molecule has 25 heavy (non-hydrogen) atoms. The van der Waals surface area contributed by atoms with Crippen LogP contribution < -0.4 is 14.8 Å². The predicted octanol–water partition coefficient (Wildman–Crippen LogP) is 3.35. The molecule has 1 aliphatic rings. The van der Waals surface area contributed by atoms with Gasteiger partial charge in [-0.25, -0.2) is 8.42 Å². The Morgan fingerprint density at radius 3 is 2.60 bits per heavy atom. The Bertz CT molecular complexity index is 884. The number of hydrogen-bond acceptors (Lipinski definition) is 5. The molecule has 134 valence electrons. The van der Waals surface area contributed by atoms with Crippen molar-refractivity contribution in [2.45, 2.75) is 37.5 Å². The van der Waals surface area contributed by atoms with E-state index < -0.39 is 22.4 Å². The predicted molar refractivity (Wildman–Crippen MR) is 97.8 cm³/mol. The van der Waals surface area contributed by atoms with Crippen LogP contribution in [0.5, 0.6) is 5.75 Å². The summed E-state index contributed by atoms with van der Waals surface area (Å²) in [7, 11) is -3.92. The summed E-state index contributed by atoms with van der Waals surface area (Å²) in [5.74, 6) is 0.154. The summed E-state index contributed by atoms with van der Waals surface area (Å²) in [6.45, 7) is 3.76. The fourth-order valence-corrected chi connectivity index (χ4v) is 4.13. The largest absolute Gasteiger partial charge is 0.482 e. The van der Waals surface area contributed by atoms with Crippen LogP contribution in [-0.4, -0.2) is 25.9 Å². The third kappa shape index (κ3) is 3.68. The number of aryl methyl sites for hydroxylation is 1. The number of aliphatic hydroxyl groups is 1. The molecule has 0 radical (unpaired) electrons. The minimum atomic E-state index is -3.92. The number of halogens is 1. The number of rotatable bonds is 4. The van der Waals surface area contributed by atoms with E-state index in [1.54, 1.807) is 12.1 Å². The summed E-state index contributed by atoms with van der Waals surface area (Å²) in [5.41, 5.74) is 1.81. The van der Waals surface area contributed by atoms with Gasteiger partial charge < -0.3 is 15.2 Å². The van der Waals surface area contributed by atoms with Crippen molar-refractivity contribution in [3.05, 3.63) is 47.0 Å². The number of anilines is 2. The number of aliphatic hydroxyl groups excluding tert-OH is 1. The average molecular weight is 383 g/mol. The van der Waals surface area contributed by atoms with Crippen molar-refractivity contribution >= 4 is 33.0 Å². The minimum Gasteiger partial charge on any atom is -0.482 e. The quantitative estimate of drug-likeness (QED) is 0.754. The molecule has 3 N–H and O–H groups in total. The minimum absolute atomic E-state index is 0.0755. The first-order chi connectivity index (χ1) is 11.8. The molecular formula is C17H19ClN2O4S. The molecule has 0 saturated carbocycles. The fraction of sp³-hybridized carbons (Fsp3) is 0.294. The van der Waals surface area contributed by atoms with Crippen LogP contribution in [0.15, 0.2) is 41.3 Å². The van der Waals surface area contributed by atoms with Crippen LogP contribution in [0, 0.1) is 6.92 Å². The van der Waals surface area contributed by atoms with Gasteiger partial charge in [0.15, 0.2) is 12.0 Å². The van der Waals surface area contributed by atoms with Crippen LogP contribution in [0.3, 0.4) is 0 Å². The van der Waals surface area contributed by atoms with Gasteiger partial charge in [-0.2, -0.15) is 0 Å². The second kappa shape index (κ2) is 6.74. The van der Waals surface area contributed by atoms with Gasteiger partial charge in [-0.15, -0.1) is 0 Å². The average Bonchev–Trinajstić information content (AvgIpc) is 2.55. The zero-order chi connectivity index (χ0) is 18.2. The number of benzene rings is 2. The molecule has 0 amide bonds. The van der Waals surface area contributed by atoms with Crippen LogP contribution in [0.25, 0.3) is 0 Å². The van der Waals surface area contributed by atoms with Crippen LogP contribution in [0.1, 0.15) is 18.9 Å². The van der Waals surface area contributed by atoms with Crippen LogP contribution in [-0.2, 0) is 10.0 Å². The van der Waals surface area contributed by atoms with Crippen LogP contribution in [0.2, 0.25) is 5.02 Å². The van der Waals surface area contributed by atoms with Gasteiger partial charge in [-0.1, -0.05) is 36.2 Å². The lowest BCUT2D eigenvalue weighted by atomic mass is 10.1. The highest BCUT2D eigenvalue weighted by molar-refractivity contribution is 7.92. The van der Waals surface area contributed by atoms with Gasteiger partial charge >= 0.3 is 0 Å². The molecule has 0 fully saturated rings. The molecular weight excluding hydrogens is 364 g/mol. The molecule has 2 unspecified atom stereocenters. The van der Waals surface area contributed by atoms with E-state index in [0.717, 1.165) is 5.56 Å². The number of nitrogens with one attached hydrogen (secondary N) is 2. The molecule has 1 aliphatic heterocycles. The Morgan fingerprint density at radius 2 is 1.96 bits per heavy atom. The van der Waals surface area contributed by atoms with E-state index in [1.165, 1.54) is 12.1 Å². The molecule has 6 nitrogen and oxygen atoms in total. The standard InChI is InChI=1S/C17H19ClN2O4S/c1-3-14-17(21)19-13-8-11(18)9-15(16(13)24-14)25(22,23)20-12-6-4-10(2)5-7-12/h4-9,14,17,19-21H,3H2,1-2H3. The van der Waals surface area contributed by atoms with Gasteiger partial charge in [0.05, 0.1) is 5.69 Å². The molecule has 2 aromatic carbocycles. The van der Waals surface area contributed by atoms with Gasteiger partial charge in [0, 0.05) is 10.7 Å². The smallest absolute Gasteiger partial charge is 0.265 e. The number of sulfonamides is 1. The van der Waals surface area contributed by atoms with E-state index in [1.807, 2.05) is 26.0 Å². The van der Waals surface area contributed by atoms with Gasteiger partial charge in [-0.3, -0.25) is 4.72 Å². The zero-order valence-electron chi connectivity index (χ0n) is 13.8. The maximum atomic E-state index is 12.8. The summed E-state index contributed by atoms with van der Waals surface area (Å²) in [4.78, 5) is -0.0755. The second-order valence-electron chi connectivity index (χ2n) is 5.91. The lowest BCUT2D eigenvalue weighted by molar-refractivity contribution is 0.0408. The van der Waals surface area contributed by atoms with E-state index in [-0.39, 0.29) is 15.7 Å². The van der Waals surface area contributed by atoms with Crippen molar-refractivity contribution in [3.8, 4) is 5.75 Å². The van der Waals surface area contributed by atoms with Crippen molar-refractivity contribution in [2.75, 3.05) is 10.0 Å². The first-order valence-corrected chi connectivity index (χ1v) is 9.70. The summed E-state index contributed by atoms with van der Waals surface area (Å²) in [5, 5.41) is 13.1. The molecule has 3 rings (SSSR count). The van der Waals surface area contributed by atoms with Crippen molar-refractivity contribution < 1.29 is 18.3 Å². The molecule has 0 aromatic heterocycles. The Morgan fingerprint density at radius 1 is 1.28 bits per heavy atom. The molecule has 0 saturated heterocycles. The van der Waals surface area contributed by atoms with Crippen molar-refractivity contribution in [3.63, 3.8) is 0 Å². The van der Waals surface area contributed by atoms with E-state index in [0.29, 0.717) is 17.8 Å². The number of ether oxygens (including phenoxy) is 1. The molecule has 0 spiro atoms. The Kier molecular flexibility index (Phi) is 4.81. The highest BCUT2D eigenvalue weighted by Crippen LogP contribution is 2.40. The van der Waals surface area contributed by atoms with Crippen molar-refractivity contribution in [1.82, 2.24) is 0 Å². The van der Waals surface area contributed by atoms with E-state index in [2.05, 4.69) is 10.0 Å². The van der Waals surface area contributed by atoms with E-state index in [9.17, 15) is 13.5 Å². The van der Waals surface area contributed by atoms with E-state index in [4.69, 9.17) is 16.3 Å². The number of fused-ring (bicyclic) bond motifs is 1. The van der Waals surface area contributed by atoms with Crippen LogP contribution >= 0.6 is 11.6 Å². The summed E-state index contributed by atoms with van der Waals surface area (Å²) in [6.07, 6.45) is -0.972. The SMILES string of the molecule is CCC1Oc2c(cc(Cl)cc2S(=O)(=O)Nc2ccc(C)cc2)NC1O. The molecule has 2 aromatic rings. The monoisotopic (exact) mass is 382 g/mol. The lowest BCUT2D eigenvalue weighted by Gasteiger charge is -2.32. The first-order valence-electron chi connectivity index (χ1n) is 7.84. The zero-order valence-corrected chi connectivity index (χ0v) is 15.4. The third-order valence-electron chi connectivity index (χ3n) is 3.94. The first kappa shape index (κ1) is 17.8. The maximum Gasteiger partial charge on any atom is 0.265 e. The topological polar surface area (TPSA) is 87.7 Å². The number of hydrogen-bond donors (Lipinski definition) is 3. The molecule has 8 heteroatoms. The normalized spacial score (nSPS) is 19.5. The lowest BCUT2D eigenvalue weighted by Crippen LogP contribution is -2.41. The molecule has 2 atom stereocenters. The van der Waals surface area contributed by atoms with Gasteiger partial charge in [0.2, 0.25) is 0 Å². The molecule has 1 heterocycles. The second-order valence-corrected chi connectivity index (χ2v) is 7.99. The van der Waals surface area contributed by atoms with Crippen molar-refractivity contribution in [1.29, 1.82) is 0 Å². The van der Waals surface area contributed by atoms with Crippen LogP contribution in [0.4, 0.5) is 11.4 Å². The summed E-state index contributed by atoms with van der Waals surface area (Å²) in [6, 6.07) is 9.85. The fourth-order valence-electron chi connectivity index (χ4n) is 2.60. The Balaban J connectivity index is 2.03. The molecule has 0 bridgehead atoms. The Labute approximate surface area is 151 Å². The summed E-state index contributed by atoms with van der Waals surface area (Å²) >= 11 is 6.06. The maximum absolute atomic E-state index is 12.8. The molecule has 0 aliphatic carbocycles.